The lowest BCUT2D eigenvalue weighted by Crippen LogP contribution is -2.50. The van der Waals surface area contributed by atoms with Gasteiger partial charge in [-0.05, 0) is 24.3 Å². The smallest absolute Gasteiger partial charge is 0.326 e. The number of nitrogens with zero attached hydrogens (tertiary/aromatic N) is 4. The van der Waals surface area contributed by atoms with E-state index in [1.165, 1.54) is 12.1 Å². The van der Waals surface area contributed by atoms with E-state index in [9.17, 15) is 35.1 Å². The number of alkyl halides is 8. The molecule has 1 saturated carbocycles. The van der Waals surface area contributed by atoms with Crippen LogP contribution in [0.2, 0.25) is 0 Å². The second-order valence-electron chi connectivity index (χ2n) is 7.75. The molecule has 1 aliphatic heterocycles. The quantitative estimate of drug-likeness (QED) is 0.560. The van der Waals surface area contributed by atoms with Gasteiger partial charge in [0.1, 0.15) is 17.1 Å². The van der Waals surface area contributed by atoms with Gasteiger partial charge in [0, 0.05) is 30.6 Å². The summed E-state index contributed by atoms with van der Waals surface area (Å²) in [4.78, 5) is 14.7. The fraction of sp³-hybridized carbons (Fsp3) is 0.368. The van der Waals surface area contributed by atoms with E-state index < -0.39 is 54.2 Å². The molecular formula is C19H15F8N7. The number of halogens is 8. The Kier molecular flexibility index (Phi) is 5.49. The fourth-order valence-electron chi connectivity index (χ4n) is 3.23. The van der Waals surface area contributed by atoms with Crippen LogP contribution in [-0.4, -0.2) is 33.5 Å². The summed E-state index contributed by atoms with van der Waals surface area (Å²) in [7, 11) is 0. The largest absolute Gasteiger partial charge is 0.433 e. The summed E-state index contributed by atoms with van der Waals surface area (Å²) >= 11 is 0. The molecule has 7 nitrogen and oxygen atoms in total. The number of nitrogens with two attached hydrogens (primary N) is 1. The highest BCUT2D eigenvalue weighted by Gasteiger charge is 2.59. The summed E-state index contributed by atoms with van der Waals surface area (Å²) in [6.45, 7) is 0. The van der Waals surface area contributed by atoms with Gasteiger partial charge in [-0.25, -0.2) is 23.7 Å². The molecule has 1 aliphatic carbocycles. The maximum Gasteiger partial charge on any atom is 0.433 e. The van der Waals surface area contributed by atoms with Gasteiger partial charge >= 0.3 is 12.4 Å². The van der Waals surface area contributed by atoms with Crippen molar-refractivity contribution in [1.82, 2.24) is 15.3 Å². The van der Waals surface area contributed by atoms with Crippen LogP contribution in [0.1, 0.15) is 29.9 Å². The molecule has 3 heterocycles. The third-order valence-corrected chi connectivity index (χ3v) is 4.95. The third-order valence-electron chi connectivity index (χ3n) is 4.95. The lowest BCUT2D eigenvalue weighted by Gasteiger charge is -2.29. The Labute approximate surface area is 186 Å². The molecule has 1 fully saturated rings. The minimum absolute atomic E-state index is 0.147. The van der Waals surface area contributed by atoms with E-state index in [-0.39, 0.29) is 23.2 Å². The SMILES string of the molecule is NC1(CC2CC2(F)F)N=C(Nc2ccnc(C(F)(F)F)c2)NC(c2cccc(C(F)(F)F)n2)=N1. The van der Waals surface area contributed by atoms with Crippen molar-refractivity contribution in [2.24, 2.45) is 21.6 Å². The molecule has 0 amide bonds. The Morgan fingerprint density at radius 1 is 1.03 bits per heavy atom. The molecule has 0 saturated heterocycles. The van der Waals surface area contributed by atoms with Gasteiger partial charge in [-0.1, -0.05) is 6.07 Å². The lowest BCUT2D eigenvalue weighted by molar-refractivity contribution is -0.141. The molecular weight excluding hydrogens is 478 g/mol. The first kappa shape index (κ1) is 23.8. The number of anilines is 1. The molecule has 2 aromatic heterocycles. The summed E-state index contributed by atoms with van der Waals surface area (Å²) in [6.07, 6.45) is -9.58. The number of amidine groups is 1. The molecule has 15 heteroatoms. The van der Waals surface area contributed by atoms with Crippen LogP contribution in [0.5, 0.6) is 0 Å². The zero-order valence-corrected chi connectivity index (χ0v) is 16.8. The zero-order valence-electron chi connectivity index (χ0n) is 16.8. The van der Waals surface area contributed by atoms with E-state index in [0.29, 0.717) is 6.07 Å². The number of pyridine rings is 2. The standard InChI is InChI=1S/C19H15F8N7/c20-16(21)7-9(16)8-17(28)33-14(11-2-1-3-12(31-11)18(22,23)24)32-15(34-17)30-10-4-5-29-13(6-10)19(25,26)27/h1-6,9H,7-8,28H2,(H2,29,30,32,33,34). The summed E-state index contributed by atoms with van der Waals surface area (Å²) in [5.41, 5.74) is 3.14. The molecule has 4 N–H and O–H groups in total. The Balaban J connectivity index is 1.68. The van der Waals surface area contributed by atoms with Gasteiger partial charge in [-0.2, -0.15) is 26.3 Å². The van der Waals surface area contributed by atoms with Crippen LogP contribution >= 0.6 is 0 Å². The Hall–Kier alpha value is -3.36. The highest BCUT2D eigenvalue weighted by Crippen LogP contribution is 2.52. The number of aliphatic imine (C=N–C) groups is 2. The van der Waals surface area contributed by atoms with Crippen molar-refractivity contribution < 1.29 is 35.1 Å². The molecule has 4 rings (SSSR count). The van der Waals surface area contributed by atoms with Crippen molar-refractivity contribution >= 4 is 17.5 Å². The molecule has 2 aromatic rings. The van der Waals surface area contributed by atoms with E-state index in [0.717, 1.165) is 18.3 Å². The molecule has 2 aliphatic rings. The number of rotatable bonds is 4. The molecule has 0 aromatic carbocycles. The van der Waals surface area contributed by atoms with Crippen LogP contribution in [0.3, 0.4) is 0 Å². The maximum absolute atomic E-state index is 13.5. The predicted octanol–water partition coefficient (Wildman–Crippen LogP) is 3.99. The highest BCUT2D eigenvalue weighted by molar-refractivity contribution is 6.13. The summed E-state index contributed by atoms with van der Waals surface area (Å²) in [5, 5.41) is 5.02. The van der Waals surface area contributed by atoms with Crippen LogP contribution in [-0.2, 0) is 12.4 Å². The third kappa shape index (κ3) is 5.24. The topological polar surface area (TPSA) is 101 Å². The summed E-state index contributed by atoms with van der Waals surface area (Å²) < 4.78 is 105. The van der Waals surface area contributed by atoms with Crippen LogP contribution < -0.4 is 16.4 Å². The van der Waals surface area contributed by atoms with E-state index in [2.05, 4.69) is 30.6 Å². The Morgan fingerprint density at radius 2 is 1.71 bits per heavy atom. The van der Waals surface area contributed by atoms with Crippen LogP contribution in [0, 0.1) is 5.92 Å². The van der Waals surface area contributed by atoms with E-state index in [1.807, 2.05) is 0 Å². The first-order valence-corrected chi connectivity index (χ1v) is 9.63. The Bertz CT molecular complexity index is 1160. The van der Waals surface area contributed by atoms with Crippen molar-refractivity contribution in [3.8, 4) is 0 Å². The monoisotopic (exact) mass is 493 g/mol. The second kappa shape index (κ2) is 7.85. The van der Waals surface area contributed by atoms with Crippen molar-refractivity contribution in [3.63, 3.8) is 0 Å². The number of nitrogens with one attached hydrogen (secondary N) is 2. The van der Waals surface area contributed by atoms with Crippen LogP contribution in [0.4, 0.5) is 40.8 Å². The minimum Gasteiger partial charge on any atom is -0.326 e. The molecule has 34 heavy (non-hydrogen) atoms. The van der Waals surface area contributed by atoms with Crippen molar-refractivity contribution in [2.45, 2.75) is 36.9 Å². The molecule has 0 bridgehead atoms. The highest BCUT2D eigenvalue weighted by atomic mass is 19.4. The first-order valence-electron chi connectivity index (χ1n) is 9.63. The van der Waals surface area contributed by atoms with Gasteiger partial charge in [0.05, 0.1) is 0 Å². The van der Waals surface area contributed by atoms with Gasteiger partial charge in [0.15, 0.2) is 5.84 Å². The van der Waals surface area contributed by atoms with E-state index in [1.54, 1.807) is 0 Å². The van der Waals surface area contributed by atoms with Crippen molar-refractivity contribution in [3.05, 3.63) is 53.6 Å². The van der Waals surface area contributed by atoms with E-state index in [4.69, 9.17) is 5.73 Å². The number of hydrogen-bond donors (Lipinski definition) is 3. The first-order chi connectivity index (χ1) is 15.6. The minimum atomic E-state index is -4.78. The fourth-order valence-corrected chi connectivity index (χ4v) is 3.23. The predicted molar refractivity (Wildman–Crippen MR) is 104 cm³/mol. The van der Waals surface area contributed by atoms with Gasteiger partial charge in [0.25, 0.3) is 5.92 Å². The molecule has 2 unspecified atom stereocenters. The summed E-state index contributed by atoms with van der Waals surface area (Å²) in [5.74, 6) is -6.85. The summed E-state index contributed by atoms with van der Waals surface area (Å²) in [6, 6.07) is 4.77. The van der Waals surface area contributed by atoms with Gasteiger partial charge < -0.3 is 10.6 Å². The van der Waals surface area contributed by atoms with Crippen molar-refractivity contribution in [2.75, 3.05) is 5.32 Å². The number of aromatic nitrogens is 2. The number of hydrogen-bond acceptors (Lipinski definition) is 7. The number of guanidine groups is 1. The van der Waals surface area contributed by atoms with E-state index >= 15 is 0 Å². The van der Waals surface area contributed by atoms with Crippen LogP contribution in [0.25, 0.3) is 0 Å². The normalized spacial score (nSPS) is 24.1. The zero-order chi connectivity index (χ0) is 24.9. The van der Waals surface area contributed by atoms with Crippen LogP contribution in [0.15, 0.2) is 46.5 Å². The maximum atomic E-state index is 13.5. The average Bonchev–Trinajstić information content (AvgIpc) is 3.31. The van der Waals surface area contributed by atoms with Crippen molar-refractivity contribution in [1.29, 1.82) is 0 Å². The molecule has 2 atom stereocenters. The molecule has 0 spiro atoms. The lowest BCUT2D eigenvalue weighted by atomic mass is 10.1. The molecule has 0 radical (unpaired) electrons. The van der Waals surface area contributed by atoms with Gasteiger partial charge in [-0.3, -0.25) is 10.7 Å². The van der Waals surface area contributed by atoms with Gasteiger partial charge in [0.2, 0.25) is 11.7 Å². The average molecular weight is 493 g/mol. The molecule has 182 valence electrons. The van der Waals surface area contributed by atoms with Gasteiger partial charge in [-0.15, -0.1) is 0 Å². The second-order valence-corrected chi connectivity index (χ2v) is 7.75. The Morgan fingerprint density at radius 3 is 2.32 bits per heavy atom.